The smallest absolute Gasteiger partial charge is 0.0704 e. The van der Waals surface area contributed by atoms with Gasteiger partial charge in [-0.3, -0.25) is 0 Å². The monoisotopic (exact) mass is 201 g/mol. The normalized spacial score (nSPS) is 26.1. The Labute approximate surface area is 87.2 Å². The summed E-state index contributed by atoms with van der Waals surface area (Å²) in [7, 11) is 0. The first-order chi connectivity index (χ1) is 6.86. The number of nitrogens with one attached hydrogen (secondary N) is 1. The molecule has 1 aliphatic rings. The van der Waals surface area contributed by atoms with Gasteiger partial charge in [-0.05, 0) is 32.7 Å². The fourth-order valence-corrected chi connectivity index (χ4v) is 1.63. The van der Waals surface area contributed by atoms with Gasteiger partial charge < -0.3 is 14.8 Å². The molecule has 0 radical (unpaired) electrons. The van der Waals surface area contributed by atoms with E-state index < -0.39 is 0 Å². The zero-order chi connectivity index (χ0) is 10.2. The van der Waals surface area contributed by atoms with Crippen molar-refractivity contribution < 1.29 is 9.47 Å². The Balaban J connectivity index is 1.84. The SMILES string of the molecule is CCCNC1CC(OCCOCC)C1. The second-order valence-electron chi connectivity index (χ2n) is 3.81. The molecule has 0 aromatic carbocycles. The molecule has 1 aliphatic carbocycles. The summed E-state index contributed by atoms with van der Waals surface area (Å²) in [5.41, 5.74) is 0. The topological polar surface area (TPSA) is 30.5 Å². The van der Waals surface area contributed by atoms with E-state index >= 15 is 0 Å². The Morgan fingerprint density at radius 3 is 2.64 bits per heavy atom. The third kappa shape index (κ3) is 4.40. The first kappa shape index (κ1) is 12.0. The number of rotatable bonds is 8. The van der Waals surface area contributed by atoms with Crippen molar-refractivity contribution in [2.24, 2.45) is 0 Å². The molecule has 0 aromatic rings. The van der Waals surface area contributed by atoms with Gasteiger partial charge in [0, 0.05) is 12.6 Å². The third-order valence-electron chi connectivity index (χ3n) is 2.56. The van der Waals surface area contributed by atoms with Gasteiger partial charge in [-0.15, -0.1) is 0 Å². The molecule has 1 saturated carbocycles. The minimum absolute atomic E-state index is 0.477. The third-order valence-corrected chi connectivity index (χ3v) is 2.56. The molecule has 3 nitrogen and oxygen atoms in total. The van der Waals surface area contributed by atoms with E-state index in [2.05, 4.69) is 12.2 Å². The molecule has 0 aliphatic heterocycles. The predicted octanol–water partition coefficient (Wildman–Crippen LogP) is 1.57. The summed E-state index contributed by atoms with van der Waals surface area (Å²) >= 11 is 0. The van der Waals surface area contributed by atoms with Crippen molar-refractivity contribution in [3.8, 4) is 0 Å². The van der Waals surface area contributed by atoms with Gasteiger partial charge >= 0.3 is 0 Å². The fourth-order valence-electron chi connectivity index (χ4n) is 1.63. The van der Waals surface area contributed by atoms with Crippen molar-refractivity contribution in [2.45, 2.75) is 45.3 Å². The molecule has 1 N–H and O–H groups in total. The van der Waals surface area contributed by atoms with Crippen LogP contribution < -0.4 is 5.32 Å². The molecule has 0 saturated heterocycles. The van der Waals surface area contributed by atoms with Crippen molar-refractivity contribution in [3.63, 3.8) is 0 Å². The molecule has 0 bridgehead atoms. The average Bonchev–Trinajstić information content (AvgIpc) is 2.14. The highest BCUT2D eigenvalue weighted by Crippen LogP contribution is 2.22. The van der Waals surface area contributed by atoms with Crippen molar-refractivity contribution in [2.75, 3.05) is 26.4 Å². The van der Waals surface area contributed by atoms with Crippen molar-refractivity contribution >= 4 is 0 Å². The minimum atomic E-state index is 0.477. The molecule has 0 aromatic heterocycles. The van der Waals surface area contributed by atoms with Crippen molar-refractivity contribution in [1.29, 1.82) is 0 Å². The molecule has 14 heavy (non-hydrogen) atoms. The van der Waals surface area contributed by atoms with Crippen LogP contribution in [0.3, 0.4) is 0 Å². The van der Waals surface area contributed by atoms with Crippen LogP contribution in [0.1, 0.15) is 33.1 Å². The lowest BCUT2D eigenvalue weighted by atomic mass is 9.89. The van der Waals surface area contributed by atoms with Crippen LogP contribution in [0, 0.1) is 0 Å². The van der Waals surface area contributed by atoms with E-state index in [0.717, 1.165) is 26.4 Å². The van der Waals surface area contributed by atoms with Gasteiger partial charge in [0.15, 0.2) is 0 Å². The highest BCUT2D eigenvalue weighted by Gasteiger charge is 2.28. The first-order valence-electron chi connectivity index (χ1n) is 5.79. The Bertz CT molecular complexity index is 132. The zero-order valence-electron chi connectivity index (χ0n) is 9.42. The summed E-state index contributed by atoms with van der Waals surface area (Å²) in [6.07, 6.45) is 4.04. The van der Waals surface area contributed by atoms with E-state index in [1.807, 2.05) is 6.92 Å². The largest absolute Gasteiger partial charge is 0.379 e. The lowest BCUT2D eigenvalue weighted by Crippen LogP contribution is -2.45. The van der Waals surface area contributed by atoms with Gasteiger partial charge in [0.1, 0.15) is 0 Å². The Morgan fingerprint density at radius 2 is 2.00 bits per heavy atom. The van der Waals surface area contributed by atoms with E-state index in [1.54, 1.807) is 0 Å². The lowest BCUT2D eigenvalue weighted by molar-refractivity contribution is -0.0404. The quantitative estimate of drug-likeness (QED) is 0.605. The predicted molar refractivity (Wildman–Crippen MR) is 57.5 cm³/mol. The number of hydrogen-bond acceptors (Lipinski definition) is 3. The second-order valence-corrected chi connectivity index (χ2v) is 3.81. The van der Waals surface area contributed by atoms with Crippen LogP contribution in [-0.4, -0.2) is 38.5 Å². The molecule has 0 amide bonds. The number of hydrogen-bond donors (Lipinski definition) is 1. The van der Waals surface area contributed by atoms with Gasteiger partial charge in [-0.2, -0.15) is 0 Å². The standard InChI is InChI=1S/C11H23NO2/c1-3-5-12-10-8-11(9-10)14-7-6-13-4-2/h10-12H,3-9H2,1-2H3. The maximum atomic E-state index is 5.63. The van der Waals surface area contributed by atoms with E-state index in [9.17, 15) is 0 Å². The maximum absolute atomic E-state index is 5.63. The highest BCUT2D eigenvalue weighted by molar-refractivity contribution is 4.85. The summed E-state index contributed by atoms with van der Waals surface area (Å²) in [4.78, 5) is 0. The van der Waals surface area contributed by atoms with Crippen LogP contribution in [0.15, 0.2) is 0 Å². The maximum Gasteiger partial charge on any atom is 0.0704 e. The van der Waals surface area contributed by atoms with Crippen molar-refractivity contribution in [3.05, 3.63) is 0 Å². The molecule has 0 unspecified atom stereocenters. The van der Waals surface area contributed by atoms with Gasteiger partial charge in [0.05, 0.1) is 19.3 Å². The molecule has 0 heterocycles. The molecule has 0 atom stereocenters. The summed E-state index contributed by atoms with van der Waals surface area (Å²) in [6.45, 7) is 7.61. The van der Waals surface area contributed by atoms with Gasteiger partial charge in [0.25, 0.3) is 0 Å². The van der Waals surface area contributed by atoms with Crippen LogP contribution >= 0.6 is 0 Å². The molecule has 3 heteroatoms. The molecule has 84 valence electrons. The van der Waals surface area contributed by atoms with E-state index in [0.29, 0.717) is 12.1 Å². The van der Waals surface area contributed by atoms with Gasteiger partial charge in [-0.1, -0.05) is 6.92 Å². The molecule has 1 rings (SSSR count). The molecule has 0 spiro atoms. The van der Waals surface area contributed by atoms with E-state index in [4.69, 9.17) is 9.47 Å². The van der Waals surface area contributed by atoms with Gasteiger partial charge in [0.2, 0.25) is 0 Å². The Hall–Kier alpha value is -0.120. The molecule has 1 fully saturated rings. The summed E-state index contributed by atoms with van der Waals surface area (Å²) in [5.74, 6) is 0. The van der Waals surface area contributed by atoms with E-state index in [-0.39, 0.29) is 0 Å². The lowest BCUT2D eigenvalue weighted by Gasteiger charge is -2.35. The van der Waals surface area contributed by atoms with Crippen molar-refractivity contribution in [1.82, 2.24) is 5.32 Å². The van der Waals surface area contributed by atoms with E-state index in [1.165, 1.54) is 19.3 Å². The average molecular weight is 201 g/mol. The molecular weight excluding hydrogens is 178 g/mol. The fraction of sp³-hybridized carbons (Fsp3) is 1.00. The van der Waals surface area contributed by atoms with Crippen LogP contribution in [0.5, 0.6) is 0 Å². The van der Waals surface area contributed by atoms with Gasteiger partial charge in [-0.25, -0.2) is 0 Å². The first-order valence-corrected chi connectivity index (χ1v) is 5.79. The van der Waals surface area contributed by atoms with Crippen LogP contribution in [0.25, 0.3) is 0 Å². The Morgan fingerprint density at radius 1 is 1.21 bits per heavy atom. The molecular formula is C11H23NO2. The number of ether oxygens (including phenoxy) is 2. The second kappa shape index (κ2) is 7.21. The van der Waals surface area contributed by atoms with Crippen LogP contribution in [0.4, 0.5) is 0 Å². The Kier molecular flexibility index (Phi) is 6.15. The zero-order valence-corrected chi connectivity index (χ0v) is 9.42. The van der Waals surface area contributed by atoms with Crippen LogP contribution in [0.2, 0.25) is 0 Å². The summed E-state index contributed by atoms with van der Waals surface area (Å²) < 4.78 is 10.8. The minimum Gasteiger partial charge on any atom is -0.379 e. The summed E-state index contributed by atoms with van der Waals surface area (Å²) in [5, 5.41) is 3.49. The highest BCUT2D eigenvalue weighted by atomic mass is 16.5. The van der Waals surface area contributed by atoms with Crippen LogP contribution in [-0.2, 0) is 9.47 Å². The summed E-state index contributed by atoms with van der Waals surface area (Å²) in [6, 6.07) is 0.701.